The van der Waals surface area contributed by atoms with Crippen LogP contribution in [0.5, 0.6) is 28.7 Å². The van der Waals surface area contributed by atoms with E-state index in [0.717, 1.165) is 70.7 Å². The largest absolute Gasteiger partial charge is 0.504 e. The lowest BCUT2D eigenvalue weighted by Crippen LogP contribution is -2.64. The minimum absolute atomic E-state index is 0.160. The van der Waals surface area contributed by atoms with Gasteiger partial charge in [-0.15, -0.1) is 0 Å². The number of aromatic nitrogens is 3. The second-order valence-corrected chi connectivity index (χ2v) is 25.5. The summed E-state index contributed by atoms with van der Waals surface area (Å²) in [5.41, 5.74) is 6.49. The molecule has 5 aromatic rings. The number of anilines is 1. The fraction of sp³-hybridized carbons (Fsp3) is 0.500. The Bertz CT molecular complexity index is 3270. The predicted octanol–water partition coefficient (Wildman–Crippen LogP) is 6.21. The van der Waals surface area contributed by atoms with Crippen LogP contribution in [0, 0.1) is 11.8 Å². The van der Waals surface area contributed by atoms with Gasteiger partial charge in [0.2, 0.25) is 5.79 Å². The molecule has 23 heteroatoms. The maximum Gasteiger partial charge on any atom is 0.394 e. The van der Waals surface area contributed by atoms with Crippen LogP contribution in [0.25, 0.3) is 0 Å². The number of hydrogen-bond donors (Lipinski definition) is 6. The Morgan fingerprint density at radius 3 is 1.81 bits per heavy atom. The van der Waals surface area contributed by atoms with E-state index in [1.807, 2.05) is 42.5 Å². The Kier molecular flexibility index (Phi) is 15.6. The molecule has 20 nitrogen and oxygen atoms in total. The van der Waals surface area contributed by atoms with Crippen molar-refractivity contribution in [2.75, 3.05) is 71.5 Å². The van der Waals surface area contributed by atoms with Crippen molar-refractivity contribution in [3.05, 3.63) is 142 Å². The van der Waals surface area contributed by atoms with Crippen molar-refractivity contribution in [3.8, 4) is 28.7 Å². The highest BCUT2D eigenvalue weighted by Crippen LogP contribution is 2.64. The van der Waals surface area contributed by atoms with Gasteiger partial charge in [-0.2, -0.15) is 13.5 Å². The molecule has 4 aromatic carbocycles. The van der Waals surface area contributed by atoms with Gasteiger partial charge >= 0.3 is 10.4 Å². The molecule has 1 aromatic heterocycles. The third-order valence-electron chi connectivity index (χ3n) is 19.0. The SMILES string of the molecule is CC(C)N1CCN(c2ccc(OC[C@H]3CO[C@](Cn4cncn4)(c4ccc(Cl)cc4Cl)O3)cc2)CC1.CN1CC[C@]23c4c5ccc(O)c4O[C@H]2[C@@H](O)C=C[C@H]3[C@H]1C5.CN1CC[C@]23c4c5ccc(O)c4O[C@H]2[C@@H](O)C=C[C@H]3[C@H]1C5.O=S(=O)(O)O. The molecular formula is C60H71Cl2N7O13S. The molecule has 0 saturated carbocycles. The number of nitrogens with zero attached hydrogens (tertiary/aromatic N) is 7. The number of rotatable bonds is 8. The minimum atomic E-state index is -4.67. The standard InChI is InChI=1S/C26H31Cl2N5O3.2C17H19NO3.H2O4S/c1-19(2)31-9-11-32(12-10-31)21-4-6-22(7-5-21)34-14-23-15-35-26(36-23,16-33-18-29-17-30-33)24-8-3-20(27)13-25(24)28;2*1-18-7-6-17-10-3-5-13(20)16(17)21-15-12(19)4-2-9(14(15)17)8-11(10)18;1-5(2,3)4/h3-8,13,17-19,23H,9-12,14-16H2,1-2H3;2*2-5,10-11,13,16,19-20H,6-8H2,1H3;(H2,1,2,3,4)/t23-,26-;2*10-,11+,13-,16-,17-;/m000./s1. The molecule has 0 amide bonds. The highest BCUT2D eigenvalue weighted by Gasteiger charge is 2.66. The van der Waals surface area contributed by atoms with Gasteiger partial charge in [-0.25, -0.2) is 9.67 Å². The summed E-state index contributed by atoms with van der Waals surface area (Å²) in [4.78, 5) is 13.8. The Balaban J connectivity index is 0.000000124. The fourth-order valence-corrected chi connectivity index (χ4v) is 15.8. The van der Waals surface area contributed by atoms with Crippen molar-refractivity contribution in [2.24, 2.45) is 11.8 Å². The van der Waals surface area contributed by atoms with Crippen LogP contribution in [-0.2, 0) is 55.9 Å². The van der Waals surface area contributed by atoms with Crippen LogP contribution in [0.3, 0.4) is 0 Å². The summed E-state index contributed by atoms with van der Waals surface area (Å²) >= 11 is 12.7. The van der Waals surface area contributed by atoms with E-state index in [1.165, 1.54) is 34.3 Å². The average molecular weight is 1200 g/mol. The van der Waals surface area contributed by atoms with Gasteiger partial charge < -0.3 is 58.8 Å². The van der Waals surface area contributed by atoms with Crippen molar-refractivity contribution < 1.29 is 61.6 Å². The van der Waals surface area contributed by atoms with Crippen molar-refractivity contribution in [2.45, 2.75) is 111 Å². The van der Waals surface area contributed by atoms with E-state index < -0.39 is 28.4 Å². The third-order valence-corrected chi connectivity index (χ3v) is 19.6. The Hall–Kier alpha value is -5.53. The van der Waals surface area contributed by atoms with Crippen LogP contribution in [-0.4, -0.2) is 183 Å². The molecule has 83 heavy (non-hydrogen) atoms. The average Bonchev–Trinajstić information content (AvgIpc) is 2.01. The van der Waals surface area contributed by atoms with Gasteiger partial charge in [-0.05, 0) is 126 Å². The Morgan fingerprint density at radius 1 is 0.747 bits per heavy atom. The fourth-order valence-electron chi connectivity index (χ4n) is 15.2. The zero-order chi connectivity index (χ0) is 58.3. The number of aliphatic hydroxyl groups is 2. The first-order chi connectivity index (χ1) is 39.7. The van der Waals surface area contributed by atoms with E-state index in [4.69, 9.17) is 64.4 Å². The molecule has 4 fully saturated rings. The summed E-state index contributed by atoms with van der Waals surface area (Å²) < 4.78 is 64.1. The van der Waals surface area contributed by atoms with Gasteiger partial charge in [-0.1, -0.05) is 65.7 Å². The number of ether oxygens (including phenoxy) is 5. The molecule has 6 N–H and O–H groups in total. The van der Waals surface area contributed by atoms with E-state index in [1.54, 1.807) is 35.3 Å². The first kappa shape index (κ1) is 57.9. The number of halogens is 2. The first-order valence-corrected chi connectivity index (χ1v) is 30.5. The van der Waals surface area contributed by atoms with Gasteiger partial charge in [0.25, 0.3) is 0 Å². The van der Waals surface area contributed by atoms with Crippen LogP contribution in [0.15, 0.2) is 104 Å². The third kappa shape index (κ3) is 10.4. The number of likely N-dealkylation sites (N-methyl/N-ethyl adjacent to an activating group) is 2. The number of likely N-dealkylation sites (tertiary alicyclic amines) is 2. The topological polar surface area (TPSA) is 245 Å². The maximum atomic E-state index is 10.4. The van der Waals surface area contributed by atoms with Crippen molar-refractivity contribution >= 4 is 39.3 Å². The summed E-state index contributed by atoms with van der Waals surface area (Å²) in [6, 6.07) is 22.6. The normalized spacial score (nSPS) is 32.2. The molecule has 7 heterocycles. The van der Waals surface area contributed by atoms with Gasteiger partial charge in [0.05, 0.1) is 11.6 Å². The zero-order valence-electron chi connectivity index (χ0n) is 46.6. The van der Waals surface area contributed by atoms with E-state index in [9.17, 15) is 20.4 Å². The number of aliphatic hydroxyl groups excluding tert-OH is 2. The van der Waals surface area contributed by atoms with Gasteiger partial charge in [0.1, 0.15) is 62.1 Å². The molecule has 10 aliphatic rings. The molecule has 4 saturated heterocycles. The second kappa shape index (κ2) is 22.4. The molecule has 444 valence electrons. The summed E-state index contributed by atoms with van der Waals surface area (Å²) in [7, 11) is -0.291. The van der Waals surface area contributed by atoms with Crippen LogP contribution in [0.1, 0.15) is 54.5 Å². The number of piperazine rings is 1. The van der Waals surface area contributed by atoms with Gasteiger partial charge in [0, 0.05) is 94.4 Å². The molecule has 2 spiro atoms. The van der Waals surface area contributed by atoms with Crippen molar-refractivity contribution in [1.82, 2.24) is 29.5 Å². The Labute approximate surface area is 492 Å². The van der Waals surface area contributed by atoms with E-state index in [-0.39, 0.29) is 40.6 Å². The molecule has 12 atom stereocenters. The molecular weight excluding hydrogens is 1130 g/mol. The minimum Gasteiger partial charge on any atom is -0.504 e. The van der Waals surface area contributed by atoms with E-state index in [0.29, 0.717) is 76.8 Å². The number of piperidine rings is 2. The Morgan fingerprint density at radius 2 is 1.30 bits per heavy atom. The first-order valence-electron chi connectivity index (χ1n) is 28.4. The van der Waals surface area contributed by atoms with Gasteiger partial charge in [-0.3, -0.25) is 14.0 Å². The number of phenolic OH excluding ortho intramolecular Hbond substituents is 2. The van der Waals surface area contributed by atoms with E-state index >= 15 is 0 Å². The lowest BCUT2D eigenvalue weighted by Gasteiger charge is -2.56. The number of hydrogen-bond acceptors (Lipinski definition) is 17. The number of aromatic hydroxyl groups is 2. The number of phenols is 2. The monoisotopic (exact) mass is 1200 g/mol. The van der Waals surface area contributed by atoms with Crippen molar-refractivity contribution in [1.29, 1.82) is 0 Å². The molecule has 4 aliphatic carbocycles. The zero-order valence-corrected chi connectivity index (χ0v) is 48.9. The molecule has 0 unspecified atom stereocenters. The molecule has 6 aliphatic heterocycles. The highest BCUT2D eigenvalue weighted by molar-refractivity contribution is 7.79. The summed E-state index contributed by atoms with van der Waals surface area (Å²) in [6.07, 6.45) is 13.2. The predicted molar refractivity (Wildman–Crippen MR) is 309 cm³/mol. The van der Waals surface area contributed by atoms with Crippen LogP contribution in [0.4, 0.5) is 5.69 Å². The molecule has 15 rings (SSSR count). The smallest absolute Gasteiger partial charge is 0.394 e. The lowest BCUT2D eigenvalue weighted by atomic mass is 9.53. The second-order valence-electron chi connectivity index (χ2n) is 23.8. The van der Waals surface area contributed by atoms with E-state index in [2.05, 4.69) is 81.9 Å². The molecule has 4 bridgehead atoms. The highest BCUT2D eigenvalue weighted by atomic mass is 35.5. The van der Waals surface area contributed by atoms with Crippen LogP contribution in [0.2, 0.25) is 10.0 Å². The van der Waals surface area contributed by atoms with Crippen LogP contribution >= 0.6 is 23.2 Å². The number of benzene rings is 4. The quantitative estimate of drug-likeness (QED) is 0.0747. The maximum absolute atomic E-state index is 10.4. The van der Waals surface area contributed by atoms with Crippen LogP contribution < -0.4 is 19.1 Å². The summed E-state index contributed by atoms with van der Waals surface area (Å²) in [5.74, 6) is 2.05. The van der Waals surface area contributed by atoms with Crippen molar-refractivity contribution in [3.63, 3.8) is 0 Å². The molecule has 0 radical (unpaired) electrons. The van der Waals surface area contributed by atoms with Gasteiger partial charge in [0.15, 0.2) is 23.0 Å². The summed E-state index contributed by atoms with van der Waals surface area (Å²) in [6.45, 7) is 11.8. The summed E-state index contributed by atoms with van der Waals surface area (Å²) in [5, 5.41) is 46.5. The lowest BCUT2D eigenvalue weighted by molar-refractivity contribution is -0.190.